The van der Waals surface area contributed by atoms with Crippen molar-refractivity contribution in [2.45, 2.75) is 26.1 Å². The molecule has 0 aliphatic heterocycles. The van der Waals surface area contributed by atoms with Crippen molar-refractivity contribution in [1.29, 1.82) is 0 Å². The lowest BCUT2D eigenvalue weighted by molar-refractivity contribution is -0.141. The highest BCUT2D eigenvalue weighted by molar-refractivity contribution is 5.90. The van der Waals surface area contributed by atoms with Crippen molar-refractivity contribution in [2.24, 2.45) is 0 Å². The molecule has 0 radical (unpaired) electrons. The fraction of sp³-hybridized carbons (Fsp3) is 0.174. The Hall–Kier alpha value is -3.47. The predicted octanol–water partition coefficient (Wildman–Crippen LogP) is 3.86. The first-order valence-corrected chi connectivity index (χ1v) is 9.12. The zero-order chi connectivity index (χ0) is 19.8. The molecule has 0 bridgehead atoms. The summed E-state index contributed by atoms with van der Waals surface area (Å²) in [7, 11) is 0. The van der Waals surface area contributed by atoms with Crippen LogP contribution < -0.4 is 0 Å². The highest BCUT2D eigenvalue weighted by atomic mass is 16.5. The van der Waals surface area contributed by atoms with Gasteiger partial charge in [0, 0.05) is 19.3 Å². The van der Waals surface area contributed by atoms with E-state index < -0.39 is 12.1 Å². The number of hydrogen-bond donors (Lipinski definition) is 0. The molecule has 3 rings (SSSR count). The number of pyridine rings is 1. The maximum Gasteiger partial charge on any atom is 0.357 e. The molecule has 5 heteroatoms. The molecular weight excluding hydrogens is 352 g/mol. The molecule has 0 saturated carbocycles. The molecule has 5 nitrogen and oxygen atoms in total. The number of rotatable bonds is 7. The minimum atomic E-state index is -0.915. The molecular formula is C23H22N2O3. The first-order chi connectivity index (χ1) is 13.6. The van der Waals surface area contributed by atoms with E-state index in [4.69, 9.17) is 4.74 Å². The normalized spacial score (nSPS) is 11.5. The van der Waals surface area contributed by atoms with E-state index in [1.807, 2.05) is 60.7 Å². The summed E-state index contributed by atoms with van der Waals surface area (Å²) in [6.45, 7) is 2.45. The van der Waals surface area contributed by atoms with E-state index in [0.29, 0.717) is 13.1 Å². The first kappa shape index (κ1) is 19.3. The van der Waals surface area contributed by atoms with E-state index in [1.165, 1.54) is 6.20 Å². The van der Waals surface area contributed by atoms with Crippen LogP contribution >= 0.6 is 0 Å². The first-order valence-electron chi connectivity index (χ1n) is 9.12. The molecule has 2 aromatic carbocycles. The van der Waals surface area contributed by atoms with Crippen molar-refractivity contribution in [3.8, 4) is 0 Å². The van der Waals surface area contributed by atoms with E-state index in [2.05, 4.69) is 4.98 Å². The summed E-state index contributed by atoms with van der Waals surface area (Å²) in [6.07, 6.45) is 0.599. The number of esters is 1. The van der Waals surface area contributed by atoms with Gasteiger partial charge < -0.3 is 9.64 Å². The molecule has 1 amide bonds. The minimum absolute atomic E-state index is 0.180. The van der Waals surface area contributed by atoms with Crippen LogP contribution in [0.4, 0.5) is 0 Å². The summed E-state index contributed by atoms with van der Waals surface area (Å²) < 4.78 is 5.36. The summed E-state index contributed by atoms with van der Waals surface area (Å²) in [5.74, 6) is -0.863. The van der Waals surface area contributed by atoms with Crippen molar-refractivity contribution in [1.82, 2.24) is 9.88 Å². The Bertz CT molecular complexity index is 857. The topological polar surface area (TPSA) is 59.5 Å². The van der Waals surface area contributed by atoms with Crippen LogP contribution in [-0.4, -0.2) is 27.9 Å². The Morgan fingerprint density at radius 2 is 1.39 bits per heavy atom. The summed E-state index contributed by atoms with van der Waals surface area (Å²) in [5, 5.41) is 0. The molecule has 1 heterocycles. The largest absolute Gasteiger partial charge is 0.448 e. The molecule has 142 valence electrons. The van der Waals surface area contributed by atoms with Crippen molar-refractivity contribution >= 4 is 11.9 Å². The van der Waals surface area contributed by atoms with E-state index in [0.717, 1.165) is 11.1 Å². The highest BCUT2D eigenvalue weighted by Gasteiger charge is 2.25. The zero-order valence-electron chi connectivity index (χ0n) is 15.7. The summed E-state index contributed by atoms with van der Waals surface area (Å²) in [6, 6.07) is 24.5. The van der Waals surface area contributed by atoms with Gasteiger partial charge in [0.15, 0.2) is 6.10 Å². The lowest BCUT2D eigenvalue weighted by Crippen LogP contribution is -2.39. The number of carbonyl (C=O) groups excluding carboxylic acids is 2. The third-order valence-electron chi connectivity index (χ3n) is 4.25. The second-order valence-corrected chi connectivity index (χ2v) is 6.43. The van der Waals surface area contributed by atoms with Crippen molar-refractivity contribution in [3.63, 3.8) is 0 Å². The van der Waals surface area contributed by atoms with Gasteiger partial charge >= 0.3 is 5.97 Å². The molecule has 0 fully saturated rings. The number of benzene rings is 2. The average Bonchev–Trinajstić information content (AvgIpc) is 2.75. The van der Waals surface area contributed by atoms with Crippen LogP contribution in [0.5, 0.6) is 0 Å². The van der Waals surface area contributed by atoms with Crippen molar-refractivity contribution in [3.05, 3.63) is 102 Å². The average molecular weight is 374 g/mol. The smallest absolute Gasteiger partial charge is 0.357 e. The van der Waals surface area contributed by atoms with Crippen molar-refractivity contribution < 1.29 is 14.3 Å². The van der Waals surface area contributed by atoms with Gasteiger partial charge in [-0.05, 0) is 30.2 Å². The Balaban J connectivity index is 1.74. The van der Waals surface area contributed by atoms with Crippen LogP contribution in [0, 0.1) is 0 Å². The van der Waals surface area contributed by atoms with Gasteiger partial charge in [-0.25, -0.2) is 9.78 Å². The molecule has 1 aromatic heterocycles. The number of nitrogens with zero attached hydrogens (tertiary/aromatic N) is 2. The zero-order valence-corrected chi connectivity index (χ0v) is 15.7. The second kappa shape index (κ2) is 9.46. The molecule has 1 atom stereocenters. The van der Waals surface area contributed by atoms with Gasteiger partial charge in [0.2, 0.25) is 0 Å². The maximum absolute atomic E-state index is 13.0. The van der Waals surface area contributed by atoms with Gasteiger partial charge in [0.05, 0.1) is 0 Å². The Labute approximate surface area is 164 Å². The molecule has 1 unspecified atom stereocenters. The van der Waals surface area contributed by atoms with Crippen LogP contribution in [0.1, 0.15) is 28.5 Å². The molecule has 0 aliphatic carbocycles. The van der Waals surface area contributed by atoms with Crippen LogP contribution in [0.25, 0.3) is 0 Å². The van der Waals surface area contributed by atoms with Crippen LogP contribution in [0.15, 0.2) is 85.1 Å². The summed E-state index contributed by atoms with van der Waals surface area (Å²) >= 11 is 0. The molecule has 0 N–H and O–H groups in total. The van der Waals surface area contributed by atoms with E-state index in [9.17, 15) is 9.59 Å². The van der Waals surface area contributed by atoms with Gasteiger partial charge in [-0.3, -0.25) is 4.79 Å². The van der Waals surface area contributed by atoms with Crippen LogP contribution in [0.3, 0.4) is 0 Å². The number of aromatic nitrogens is 1. The summed E-state index contributed by atoms with van der Waals surface area (Å²) in [4.78, 5) is 31.0. The Kier molecular flexibility index (Phi) is 6.52. The van der Waals surface area contributed by atoms with Gasteiger partial charge in [-0.2, -0.15) is 0 Å². The van der Waals surface area contributed by atoms with E-state index in [-0.39, 0.29) is 11.6 Å². The SMILES string of the molecule is CC(OC(=O)c1ccccn1)C(=O)N(Cc1ccccc1)Cc1ccccc1. The number of carbonyl (C=O) groups is 2. The van der Waals surface area contributed by atoms with Gasteiger partial charge in [-0.1, -0.05) is 66.7 Å². The third-order valence-corrected chi connectivity index (χ3v) is 4.25. The fourth-order valence-corrected chi connectivity index (χ4v) is 2.83. The molecule has 0 spiro atoms. The standard InChI is InChI=1S/C23H22N2O3/c1-18(28-23(27)21-14-8-9-15-24-21)22(26)25(16-19-10-4-2-5-11-19)17-20-12-6-3-7-13-20/h2-15,18H,16-17H2,1H3. The molecule has 0 saturated heterocycles. The van der Waals surface area contributed by atoms with Gasteiger partial charge in [-0.15, -0.1) is 0 Å². The Morgan fingerprint density at radius 3 is 1.89 bits per heavy atom. The van der Waals surface area contributed by atoms with Crippen molar-refractivity contribution in [2.75, 3.05) is 0 Å². The lowest BCUT2D eigenvalue weighted by Gasteiger charge is -2.26. The Morgan fingerprint density at radius 1 is 0.857 bits per heavy atom. The summed E-state index contributed by atoms with van der Waals surface area (Å²) in [5.41, 5.74) is 2.20. The second-order valence-electron chi connectivity index (χ2n) is 6.43. The maximum atomic E-state index is 13.0. The van der Waals surface area contributed by atoms with E-state index in [1.54, 1.807) is 30.0 Å². The third kappa shape index (κ3) is 5.27. The number of amides is 1. The monoisotopic (exact) mass is 374 g/mol. The highest BCUT2D eigenvalue weighted by Crippen LogP contribution is 2.13. The van der Waals surface area contributed by atoms with E-state index >= 15 is 0 Å². The lowest BCUT2D eigenvalue weighted by atomic mass is 10.1. The van der Waals surface area contributed by atoms with Crippen LogP contribution in [-0.2, 0) is 22.6 Å². The fourth-order valence-electron chi connectivity index (χ4n) is 2.83. The van der Waals surface area contributed by atoms with Crippen LogP contribution in [0.2, 0.25) is 0 Å². The quantitative estimate of drug-likeness (QED) is 0.589. The molecule has 28 heavy (non-hydrogen) atoms. The predicted molar refractivity (Wildman–Crippen MR) is 106 cm³/mol. The van der Waals surface area contributed by atoms with Gasteiger partial charge in [0.25, 0.3) is 5.91 Å². The van der Waals surface area contributed by atoms with Gasteiger partial charge in [0.1, 0.15) is 5.69 Å². The number of hydrogen-bond acceptors (Lipinski definition) is 4. The molecule has 0 aliphatic rings. The molecule has 3 aromatic rings. The number of ether oxygens (including phenoxy) is 1. The minimum Gasteiger partial charge on any atom is -0.448 e.